The van der Waals surface area contributed by atoms with Crippen molar-refractivity contribution in [2.45, 2.75) is 90.4 Å². The zero-order valence-electron chi connectivity index (χ0n) is 28.1. The van der Waals surface area contributed by atoms with Gasteiger partial charge in [0.2, 0.25) is 29.5 Å². The smallest absolute Gasteiger partial charge is 0.283 e. The Morgan fingerprint density at radius 1 is 0.612 bits per heavy atom. The Morgan fingerprint density at radius 3 is 1.49 bits per heavy atom. The van der Waals surface area contributed by atoms with Crippen LogP contribution in [-0.2, 0) is 24.0 Å². The number of aromatic nitrogens is 1. The summed E-state index contributed by atoms with van der Waals surface area (Å²) in [5, 5.41) is 48.4. The number of rotatable bonds is 25. The Kier molecular flexibility index (Phi) is 21.3. The van der Waals surface area contributed by atoms with Crippen LogP contribution in [0, 0.1) is 0 Å². The van der Waals surface area contributed by atoms with E-state index in [1.165, 1.54) is 19.1 Å². The van der Waals surface area contributed by atoms with Crippen LogP contribution in [0.15, 0.2) is 23.0 Å². The molecule has 276 valence electrons. The standard InChI is InChI=1S/C31H51N7O11/c1-24(39)35(46)21-8-2-5-18-32-26(40)14-16-28(42)36(47)22-9-3-6-19-33-27(41)15-17-29(43)37(48)23-10-4-7-20-34-31(45)25-12-11-13-30(44)38(25)49/h11-13,46-49H,2-10,14-23H2,1H3,(H,32,40)(H,33,41)(H,34,45). The highest BCUT2D eigenvalue weighted by molar-refractivity contribution is 5.92. The second kappa shape index (κ2) is 24.6. The summed E-state index contributed by atoms with van der Waals surface area (Å²) < 4.78 is 0.261. The van der Waals surface area contributed by atoms with Crippen molar-refractivity contribution in [1.29, 1.82) is 0 Å². The SMILES string of the molecule is CC(=O)N(O)CCCCCNC(=O)CCC(=O)N(O)CCCCCNC(=O)CCC(=O)N(O)CCCCCNC(=O)c1cccc(=O)n1O. The van der Waals surface area contributed by atoms with Crippen molar-refractivity contribution < 1.29 is 49.6 Å². The molecule has 0 aromatic carbocycles. The first-order valence-electron chi connectivity index (χ1n) is 16.5. The fourth-order valence-corrected chi connectivity index (χ4v) is 4.37. The third kappa shape index (κ3) is 19.1. The predicted octanol–water partition coefficient (Wildman–Crippen LogP) is 0.792. The maximum atomic E-state index is 12.1. The number of hydrogen-bond donors (Lipinski definition) is 7. The topological polar surface area (TPSA) is 251 Å². The monoisotopic (exact) mass is 697 g/mol. The third-order valence-electron chi connectivity index (χ3n) is 7.30. The minimum Gasteiger partial charge on any atom is -0.425 e. The summed E-state index contributed by atoms with van der Waals surface area (Å²) in [5.74, 6) is -2.89. The van der Waals surface area contributed by atoms with Gasteiger partial charge in [-0.1, -0.05) is 6.07 Å². The summed E-state index contributed by atoms with van der Waals surface area (Å²) >= 11 is 0. The van der Waals surface area contributed by atoms with E-state index in [0.717, 1.165) is 6.07 Å². The highest BCUT2D eigenvalue weighted by Crippen LogP contribution is 2.04. The van der Waals surface area contributed by atoms with E-state index in [9.17, 15) is 54.4 Å². The Bertz CT molecular complexity index is 1270. The number of hydrogen-bond acceptors (Lipinski definition) is 11. The molecule has 49 heavy (non-hydrogen) atoms. The van der Waals surface area contributed by atoms with Gasteiger partial charge in [0.1, 0.15) is 5.69 Å². The molecule has 6 amide bonds. The second-order valence-corrected chi connectivity index (χ2v) is 11.4. The molecule has 1 rings (SSSR count). The van der Waals surface area contributed by atoms with Crippen LogP contribution < -0.4 is 21.5 Å². The molecule has 1 aromatic heterocycles. The van der Waals surface area contributed by atoms with Crippen molar-refractivity contribution in [3.8, 4) is 0 Å². The quantitative estimate of drug-likeness (QED) is 0.0326. The Hall–Kier alpha value is -4.55. The van der Waals surface area contributed by atoms with Crippen LogP contribution in [-0.4, -0.2) is 115 Å². The van der Waals surface area contributed by atoms with E-state index in [4.69, 9.17) is 0 Å². The average Bonchev–Trinajstić information content (AvgIpc) is 3.07. The molecular formula is C31H51N7O11. The minimum absolute atomic E-state index is 0.0531. The number of unbranched alkanes of at least 4 members (excludes halogenated alkanes) is 6. The lowest BCUT2D eigenvalue weighted by molar-refractivity contribution is -0.166. The normalized spacial score (nSPS) is 10.6. The second-order valence-electron chi connectivity index (χ2n) is 11.4. The average molecular weight is 698 g/mol. The zero-order chi connectivity index (χ0) is 36.6. The number of nitrogens with one attached hydrogen (secondary N) is 3. The van der Waals surface area contributed by atoms with Gasteiger partial charge >= 0.3 is 0 Å². The van der Waals surface area contributed by atoms with Gasteiger partial charge in [0.15, 0.2) is 0 Å². The number of carbonyl (C=O) groups excluding carboxylic acids is 6. The number of hydroxylamine groups is 6. The van der Waals surface area contributed by atoms with Crippen molar-refractivity contribution in [1.82, 2.24) is 35.9 Å². The molecule has 0 aliphatic rings. The summed E-state index contributed by atoms with van der Waals surface area (Å²) in [7, 11) is 0. The van der Waals surface area contributed by atoms with Crippen molar-refractivity contribution >= 4 is 35.4 Å². The highest BCUT2D eigenvalue weighted by atomic mass is 16.5. The van der Waals surface area contributed by atoms with Gasteiger partial charge in [0.25, 0.3) is 11.5 Å². The van der Waals surface area contributed by atoms with Gasteiger partial charge in [-0.3, -0.25) is 49.2 Å². The number of nitrogens with zero attached hydrogens (tertiary/aromatic N) is 4. The van der Waals surface area contributed by atoms with Crippen LogP contribution in [0.4, 0.5) is 0 Å². The Morgan fingerprint density at radius 2 is 1.04 bits per heavy atom. The Labute approximate surface area is 284 Å². The van der Waals surface area contributed by atoms with Crippen molar-refractivity contribution in [3.63, 3.8) is 0 Å². The summed E-state index contributed by atoms with van der Waals surface area (Å²) in [6, 6.07) is 3.78. The van der Waals surface area contributed by atoms with E-state index in [1.807, 2.05) is 0 Å². The fourth-order valence-electron chi connectivity index (χ4n) is 4.37. The zero-order valence-corrected chi connectivity index (χ0v) is 28.1. The molecule has 0 aliphatic carbocycles. The van der Waals surface area contributed by atoms with Gasteiger partial charge < -0.3 is 21.2 Å². The molecular weight excluding hydrogens is 646 g/mol. The molecule has 0 unspecified atom stereocenters. The lowest BCUT2D eigenvalue weighted by atomic mass is 10.2. The van der Waals surface area contributed by atoms with Gasteiger partial charge in [-0.05, 0) is 63.9 Å². The first kappa shape index (κ1) is 42.5. The lowest BCUT2D eigenvalue weighted by Crippen LogP contribution is -2.32. The van der Waals surface area contributed by atoms with Crippen LogP contribution in [0.5, 0.6) is 0 Å². The van der Waals surface area contributed by atoms with E-state index in [0.29, 0.717) is 86.1 Å². The van der Waals surface area contributed by atoms with Crippen LogP contribution in [0.2, 0.25) is 0 Å². The van der Waals surface area contributed by atoms with Crippen LogP contribution >= 0.6 is 0 Å². The molecule has 0 radical (unpaired) electrons. The van der Waals surface area contributed by atoms with Gasteiger partial charge in [-0.2, -0.15) is 0 Å². The van der Waals surface area contributed by atoms with E-state index < -0.39 is 29.2 Å². The van der Waals surface area contributed by atoms with Gasteiger partial charge in [0.05, 0.1) is 0 Å². The van der Waals surface area contributed by atoms with Crippen LogP contribution in [0.1, 0.15) is 101 Å². The molecule has 0 bridgehead atoms. The largest absolute Gasteiger partial charge is 0.425 e. The molecule has 0 saturated heterocycles. The molecule has 18 heteroatoms. The number of carbonyl (C=O) groups is 6. The molecule has 7 N–H and O–H groups in total. The predicted molar refractivity (Wildman–Crippen MR) is 172 cm³/mol. The van der Waals surface area contributed by atoms with E-state index in [-0.39, 0.29) is 74.1 Å². The maximum Gasteiger partial charge on any atom is 0.283 e. The minimum atomic E-state index is -0.723. The van der Waals surface area contributed by atoms with E-state index in [2.05, 4.69) is 16.0 Å². The van der Waals surface area contributed by atoms with Crippen LogP contribution in [0.3, 0.4) is 0 Å². The van der Waals surface area contributed by atoms with Crippen molar-refractivity contribution in [2.24, 2.45) is 0 Å². The van der Waals surface area contributed by atoms with Gasteiger partial charge in [-0.25, -0.2) is 15.2 Å². The third-order valence-corrected chi connectivity index (χ3v) is 7.30. The number of pyridine rings is 1. The summed E-state index contributed by atoms with van der Waals surface area (Å²) in [6.45, 7) is 2.61. The molecule has 1 heterocycles. The first-order valence-corrected chi connectivity index (χ1v) is 16.5. The summed E-state index contributed by atoms with van der Waals surface area (Å²) in [6.07, 6.45) is 4.66. The summed E-state index contributed by atoms with van der Waals surface area (Å²) in [5.41, 5.74) is -0.910. The lowest BCUT2D eigenvalue weighted by Gasteiger charge is -2.15. The van der Waals surface area contributed by atoms with Gasteiger partial charge in [0, 0.05) is 77.9 Å². The van der Waals surface area contributed by atoms with Crippen molar-refractivity contribution in [2.75, 3.05) is 39.3 Å². The highest BCUT2D eigenvalue weighted by Gasteiger charge is 2.15. The maximum absolute atomic E-state index is 12.1. The molecule has 18 nitrogen and oxygen atoms in total. The molecule has 1 aromatic rings. The van der Waals surface area contributed by atoms with Gasteiger partial charge in [-0.15, -0.1) is 4.73 Å². The molecule has 0 aliphatic heterocycles. The Balaban J connectivity index is 2.03. The molecule has 0 atom stereocenters. The number of amides is 6. The summed E-state index contributed by atoms with van der Waals surface area (Å²) in [4.78, 5) is 82.4. The fraction of sp³-hybridized carbons (Fsp3) is 0.645. The first-order chi connectivity index (χ1) is 23.3. The molecule has 0 spiro atoms. The van der Waals surface area contributed by atoms with Crippen LogP contribution in [0.25, 0.3) is 0 Å². The molecule has 0 saturated carbocycles. The molecule has 0 fully saturated rings. The van der Waals surface area contributed by atoms with E-state index >= 15 is 0 Å². The van der Waals surface area contributed by atoms with Crippen molar-refractivity contribution in [3.05, 3.63) is 34.2 Å². The van der Waals surface area contributed by atoms with E-state index in [1.54, 1.807) is 0 Å².